The zero-order valence-corrected chi connectivity index (χ0v) is 14.3. The fraction of sp³-hybridized carbons (Fsp3) is 0.444. The summed E-state index contributed by atoms with van der Waals surface area (Å²) in [5, 5.41) is 9.34. The van der Waals surface area contributed by atoms with Crippen LogP contribution in [0.15, 0.2) is 30.7 Å². The van der Waals surface area contributed by atoms with Crippen LogP contribution in [0.3, 0.4) is 0 Å². The Kier molecular flexibility index (Phi) is 3.50. The number of hydrogen-bond acceptors (Lipinski definition) is 3. The first-order valence-electron chi connectivity index (χ1n) is 8.38. The summed E-state index contributed by atoms with van der Waals surface area (Å²) < 4.78 is 39.4. The Bertz CT molecular complexity index is 884. The molecule has 1 saturated carbocycles. The zero-order valence-electron chi connectivity index (χ0n) is 14.3. The van der Waals surface area contributed by atoms with Crippen LogP contribution in [0.2, 0.25) is 0 Å². The maximum Gasteiger partial charge on any atom is 0.420 e. The van der Waals surface area contributed by atoms with Crippen molar-refractivity contribution in [1.29, 1.82) is 0 Å². The number of halogens is 3. The average Bonchev–Trinajstić information content (AvgIpc) is 3.23. The quantitative estimate of drug-likeness (QED) is 0.908. The summed E-state index contributed by atoms with van der Waals surface area (Å²) in [7, 11) is 0. The summed E-state index contributed by atoms with van der Waals surface area (Å²) in [6, 6.07) is 5.58. The molecule has 1 aromatic carbocycles. The van der Waals surface area contributed by atoms with Crippen molar-refractivity contribution in [3.05, 3.63) is 42.0 Å². The second-order valence-electron chi connectivity index (χ2n) is 7.38. The van der Waals surface area contributed by atoms with E-state index in [1.54, 1.807) is 17.0 Å². The van der Waals surface area contributed by atoms with E-state index in [2.05, 4.69) is 4.98 Å². The standard InChI is InChI=1S/C18H18F3N3O2/c1-17(2)12-6-5-11(7-14(12)24(16(17)26)10-3-4-10)23-8-13(22-9-23)15(25)18(19,20)21/h5-10,15,25H,3-4H2,1-2H3. The summed E-state index contributed by atoms with van der Waals surface area (Å²) in [5.74, 6) is 0.0472. The first-order valence-corrected chi connectivity index (χ1v) is 8.38. The van der Waals surface area contributed by atoms with Gasteiger partial charge in [-0.2, -0.15) is 13.2 Å². The van der Waals surface area contributed by atoms with Crippen LogP contribution in [0.4, 0.5) is 18.9 Å². The molecular weight excluding hydrogens is 347 g/mol. The number of aliphatic hydroxyl groups is 1. The van der Waals surface area contributed by atoms with E-state index in [0.29, 0.717) is 5.69 Å². The Balaban J connectivity index is 1.73. The van der Waals surface area contributed by atoms with Crippen molar-refractivity contribution in [3.8, 4) is 5.69 Å². The van der Waals surface area contributed by atoms with Gasteiger partial charge in [0.25, 0.3) is 0 Å². The van der Waals surface area contributed by atoms with Crippen molar-refractivity contribution in [2.45, 2.75) is 50.4 Å². The molecule has 1 N–H and O–H groups in total. The number of carbonyl (C=O) groups excluding carboxylic acids is 1. The van der Waals surface area contributed by atoms with Gasteiger partial charge in [-0.3, -0.25) is 4.79 Å². The number of carbonyl (C=O) groups is 1. The number of fused-ring (bicyclic) bond motifs is 1. The SMILES string of the molecule is CC1(C)C(=O)N(C2CC2)c2cc(-n3cnc(C(O)C(F)(F)F)c3)ccc21. The van der Waals surface area contributed by atoms with Crippen LogP contribution in [-0.2, 0) is 10.2 Å². The number of alkyl halides is 3. The molecule has 1 aliphatic heterocycles. The highest BCUT2D eigenvalue weighted by atomic mass is 19.4. The molecule has 4 rings (SSSR count). The topological polar surface area (TPSA) is 58.4 Å². The number of imidazole rings is 1. The summed E-state index contributed by atoms with van der Waals surface area (Å²) in [4.78, 5) is 18.2. The Hall–Kier alpha value is -2.35. The first-order chi connectivity index (χ1) is 12.1. The maximum atomic E-state index is 12.8. The van der Waals surface area contributed by atoms with E-state index in [-0.39, 0.29) is 11.9 Å². The van der Waals surface area contributed by atoms with Crippen LogP contribution >= 0.6 is 0 Å². The van der Waals surface area contributed by atoms with Gasteiger partial charge in [-0.25, -0.2) is 4.98 Å². The summed E-state index contributed by atoms with van der Waals surface area (Å²) >= 11 is 0. The molecule has 1 atom stereocenters. The van der Waals surface area contributed by atoms with E-state index in [1.165, 1.54) is 10.9 Å². The van der Waals surface area contributed by atoms with Gasteiger partial charge < -0.3 is 14.6 Å². The molecule has 5 nitrogen and oxygen atoms in total. The Morgan fingerprint density at radius 2 is 2.00 bits per heavy atom. The fourth-order valence-corrected chi connectivity index (χ4v) is 3.42. The van der Waals surface area contributed by atoms with Crippen molar-refractivity contribution >= 4 is 11.6 Å². The highest BCUT2D eigenvalue weighted by molar-refractivity contribution is 6.08. The average molecular weight is 365 g/mol. The smallest absolute Gasteiger partial charge is 0.378 e. The second-order valence-corrected chi connectivity index (χ2v) is 7.38. The van der Waals surface area contributed by atoms with Gasteiger partial charge in [-0.1, -0.05) is 6.07 Å². The van der Waals surface area contributed by atoms with Crippen LogP contribution in [0.1, 0.15) is 44.1 Å². The van der Waals surface area contributed by atoms with Crippen molar-refractivity contribution in [1.82, 2.24) is 9.55 Å². The molecule has 2 aromatic rings. The molecule has 1 aromatic heterocycles. The maximum absolute atomic E-state index is 12.8. The number of rotatable bonds is 3. The van der Waals surface area contributed by atoms with E-state index in [9.17, 15) is 23.1 Å². The Morgan fingerprint density at radius 1 is 1.31 bits per heavy atom. The van der Waals surface area contributed by atoms with Crippen molar-refractivity contribution in [3.63, 3.8) is 0 Å². The third-order valence-electron chi connectivity index (χ3n) is 5.07. The minimum atomic E-state index is -4.77. The monoisotopic (exact) mass is 365 g/mol. The molecule has 2 aliphatic rings. The van der Waals surface area contributed by atoms with E-state index >= 15 is 0 Å². The third kappa shape index (κ3) is 2.51. The van der Waals surface area contributed by atoms with Crippen LogP contribution in [0.25, 0.3) is 5.69 Å². The number of aliphatic hydroxyl groups excluding tert-OH is 1. The lowest BCUT2D eigenvalue weighted by Gasteiger charge is -2.19. The number of hydrogen-bond donors (Lipinski definition) is 1. The predicted octanol–water partition coefficient (Wildman–Crippen LogP) is 3.25. The van der Waals surface area contributed by atoms with Crippen LogP contribution < -0.4 is 4.90 Å². The van der Waals surface area contributed by atoms with Crippen molar-refractivity contribution < 1.29 is 23.1 Å². The molecule has 1 amide bonds. The van der Waals surface area contributed by atoms with E-state index < -0.39 is 23.4 Å². The normalized spacial score (nSPS) is 20.4. The summed E-state index contributed by atoms with van der Waals surface area (Å²) in [6.07, 6.45) is -3.09. The van der Waals surface area contributed by atoms with Gasteiger partial charge in [0.1, 0.15) is 0 Å². The largest absolute Gasteiger partial charge is 0.420 e. The number of aromatic nitrogens is 2. The number of anilines is 1. The van der Waals surface area contributed by atoms with Crippen molar-refractivity contribution in [2.75, 3.05) is 4.90 Å². The van der Waals surface area contributed by atoms with Gasteiger partial charge in [-0.05, 0) is 44.4 Å². The number of amides is 1. The molecule has 0 radical (unpaired) electrons. The molecule has 2 heterocycles. The molecular formula is C18H18F3N3O2. The lowest BCUT2D eigenvalue weighted by Crippen LogP contribution is -2.37. The molecule has 1 aliphatic carbocycles. The summed E-state index contributed by atoms with van der Waals surface area (Å²) in [5.41, 5.74) is 1.21. The summed E-state index contributed by atoms with van der Waals surface area (Å²) in [6.45, 7) is 3.76. The van der Waals surface area contributed by atoms with Crippen molar-refractivity contribution in [2.24, 2.45) is 0 Å². The van der Waals surface area contributed by atoms with Crippen LogP contribution in [0.5, 0.6) is 0 Å². The van der Waals surface area contributed by atoms with Gasteiger partial charge >= 0.3 is 6.18 Å². The molecule has 26 heavy (non-hydrogen) atoms. The third-order valence-corrected chi connectivity index (χ3v) is 5.07. The molecule has 1 unspecified atom stereocenters. The number of benzene rings is 1. The zero-order chi connectivity index (χ0) is 18.9. The van der Waals surface area contributed by atoms with E-state index in [0.717, 1.165) is 30.3 Å². The Morgan fingerprint density at radius 3 is 2.62 bits per heavy atom. The Labute approximate surface area is 148 Å². The molecule has 1 fully saturated rings. The van der Waals surface area contributed by atoms with E-state index in [4.69, 9.17) is 0 Å². The lowest BCUT2D eigenvalue weighted by atomic mass is 9.86. The molecule has 0 bridgehead atoms. The second kappa shape index (κ2) is 5.33. The van der Waals surface area contributed by atoms with Crippen LogP contribution in [-0.4, -0.2) is 32.8 Å². The lowest BCUT2D eigenvalue weighted by molar-refractivity contribution is -0.207. The number of nitrogens with zero attached hydrogens (tertiary/aromatic N) is 3. The van der Waals surface area contributed by atoms with Gasteiger partial charge in [-0.15, -0.1) is 0 Å². The molecule has 138 valence electrons. The van der Waals surface area contributed by atoms with Gasteiger partial charge in [0, 0.05) is 17.9 Å². The molecule has 0 saturated heterocycles. The minimum absolute atomic E-state index is 0.0472. The molecule has 0 spiro atoms. The minimum Gasteiger partial charge on any atom is -0.378 e. The highest BCUT2D eigenvalue weighted by Gasteiger charge is 2.49. The van der Waals surface area contributed by atoms with Crippen LogP contribution in [0, 0.1) is 0 Å². The van der Waals surface area contributed by atoms with Gasteiger partial charge in [0.2, 0.25) is 5.91 Å². The molecule has 8 heteroatoms. The predicted molar refractivity (Wildman–Crippen MR) is 88.1 cm³/mol. The fourth-order valence-electron chi connectivity index (χ4n) is 3.42. The van der Waals surface area contributed by atoms with Gasteiger partial charge in [0.15, 0.2) is 6.10 Å². The highest BCUT2D eigenvalue weighted by Crippen LogP contribution is 2.47. The van der Waals surface area contributed by atoms with Gasteiger partial charge in [0.05, 0.1) is 23.1 Å². The first kappa shape index (κ1) is 17.1. The van der Waals surface area contributed by atoms with E-state index in [1.807, 2.05) is 19.9 Å².